The summed E-state index contributed by atoms with van der Waals surface area (Å²) in [6.45, 7) is 1.51. The molecule has 4 rings (SSSR count). The van der Waals surface area contributed by atoms with Gasteiger partial charge < -0.3 is 19.7 Å². The summed E-state index contributed by atoms with van der Waals surface area (Å²) >= 11 is 7.31. The van der Waals surface area contributed by atoms with Gasteiger partial charge in [0.25, 0.3) is 0 Å². The van der Waals surface area contributed by atoms with Crippen LogP contribution in [0.2, 0.25) is 4.47 Å². The molecular weight excluding hydrogens is 350 g/mol. The van der Waals surface area contributed by atoms with Crippen LogP contribution in [0.4, 0.5) is 11.4 Å². The number of hydrogen-bond acceptors (Lipinski definition) is 6. The van der Waals surface area contributed by atoms with E-state index >= 15 is 0 Å². The van der Waals surface area contributed by atoms with E-state index in [9.17, 15) is 4.79 Å². The van der Waals surface area contributed by atoms with Crippen LogP contribution in [0, 0.1) is 0 Å². The van der Waals surface area contributed by atoms with Gasteiger partial charge in [0.2, 0.25) is 12.7 Å². The standard InChI is InChI=1S/C16H16ClN3O3S/c17-16-19-8-10(24-16)7-18-11-5-13-14(23-9-22-13)6-12(11)20-4-2-1-3-15(20)21/h5-6,8,18H,1-4,7,9H2. The molecule has 3 heterocycles. The van der Waals surface area contributed by atoms with Gasteiger partial charge in [-0.15, -0.1) is 11.3 Å². The molecule has 2 aliphatic rings. The van der Waals surface area contributed by atoms with Crippen LogP contribution in [-0.4, -0.2) is 24.2 Å². The predicted molar refractivity (Wildman–Crippen MR) is 93.2 cm³/mol. The Labute approximate surface area is 148 Å². The summed E-state index contributed by atoms with van der Waals surface area (Å²) in [5.41, 5.74) is 1.68. The van der Waals surface area contributed by atoms with Gasteiger partial charge in [-0.25, -0.2) is 4.98 Å². The van der Waals surface area contributed by atoms with E-state index in [-0.39, 0.29) is 12.7 Å². The highest BCUT2D eigenvalue weighted by Gasteiger charge is 2.25. The molecule has 2 aliphatic heterocycles. The number of benzene rings is 1. The van der Waals surface area contributed by atoms with Gasteiger partial charge in [0, 0.05) is 36.2 Å². The van der Waals surface area contributed by atoms with E-state index in [1.54, 1.807) is 6.20 Å². The molecule has 6 nitrogen and oxygen atoms in total. The molecule has 0 saturated carbocycles. The van der Waals surface area contributed by atoms with E-state index in [1.807, 2.05) is 17.0 Å². The minimum absolute atomic E-state index is 0.143. The minimum atomic E-state index is 0.143. The lowest BCUT2D eigenvalue weighted by atomic mass is 10.1. The SMILES string of the molecule is O=C1CCCCN1c1cc2c(cc1NCc1cnc(Cl)s1)OCO2. The Balaban J connectivity index is 1.64. The van der Waals surface area contributed by atoms with Gasteiger partial charge in [-0.2, -0.15) is 0 Å². The number of aromatic nitrogens is 1. The number of rotatable bonds is 4. The summed E-state index contributed by atoms with van der Waals surface area (Å²) in [6.07, 6.45) is 4.28. The van der Waals surface area contributed by atoms with Crippen molar-refractivity contribution in [2.24, 2.45) is 0 Å². The van der Waals surface area contributed by atoms with Crippen molar-refractivity contribution < 1.29 is 14.3 Å². The van der Waals surface area contributed by atoms with E-state index in [2.05, 4.69) is 10.3 Å². The fraction of sp³-hybridized carbons (Fsp3) is 0.375. The lowest BCUT2D eigenvalue weighted by Gasteiger charge is -2.29. The number of carbonyl (C=O) groups is 1. The maximum Gasteiger partial charge on any atom is 0.231 e. The molecule has 24 heavy (non-hydrogen) atoms. The van der Waals surface area contributed by atoms with Crippen molar-refractivity contribution in [3.05, 3.63) is 27.7 Å². The highest BCUT2D eigenvalue weighted by Crippen LogP contribution is 2.42. The summed E-state index contributed by atoms with van der Waals surface area (Å²) in [6, 6.07) is 3.77. The third-order valence-corrected chi connectivity index (χ3v) is 5.20. The Bertz CT molecular complexity index is 780. The van der Waals surface area contributed by atoms with Crippen LogP contribution in [-0.2, 0) is 11.3 Å². The van der Waals surface area contributed by atoms with Crippen LogP contribution in [0.15, 0.2) is 18.3 Å². The maximum absolute atomic E-state index is 12.3. The van der Waals surface area contributed by atoms with Crippen LogP contribution < -0.4 is 19.7 Å². The van der Waals surface area contributed by atoms with Crippen LogP contribution in [0.5, 0.6) is 11.5 Å². The summed E-state index contributed by atoms with van der Waals surface area (Å²) in [5, 5.41) is 3.37. The molecule has 8 heteroatoms. The number of piperidine rings is 1. The van der Waals surface area contributed by atoms with E-state index in [0.29, 0.717) is 28.9 Å². The first-order valence-electron chi connectivity index (χ1n) is 7.79. The molecular formula is C16H16ClN3O3S. The molecule has 0 bridgehead atoms. The third kappa shape index (κ3) is 3.01. The summed E-state index contributed by atoms with van der Waals surface area (Å²) in [4.78, 5) is 19.2. The van der Waals surface area contributed by atoms with Crippen LogP contribution in [0.3, 0.4) is 0 Å². The van der Waals surface area contributed by atoms with Gasteiger partial charge in [0.1, 0.15) is 0 Å². The summed E-state index contributed by atoms with van der Waals surface area (Å²) < 4.78 is 11.5. The van der Waals surface area contributed by atoms with Crippen molar-refractivity contribution in [3.63, 3.8) is 0 Å². The fourth-order valence-corrected chi connectivity index (χ4v) is 3.82. The molecule has 1 aromatic heterocycles. The number of anilines is 2. The molecule has 1 saturated heterocycles. The molecule has 1 N–H and O–H groups in total. The molecule has 1 fully saturated rings. The Morgan fingerprint density at radius 1 is 1.29 bits per heavy atom. The number of nitrogens with zero attached hydrogens (tertiary/aromatic N) is 2. The highest BCUT2D eigenvalue weighted by molar-refractivity contribution is 7.15. The molecule has 1 aromatic carbocycles. The zero-order chi connectivity index (χ0) is 16.5. The van der Waals surface area contributed by atoms with E-state index in [4.69, 9.17) is 21.1 Å². The maximum atomic E-state index is 12.3. The first-order chi connectivity index (χ1) is 11.7. The van der Waals surface area contributed by atoms with Crippen LogP contribution in [0.25, 0.3) is 0 Å². The number of fused-ring (bicyclic) bond motifs is 1. The van der Waals surface area contributed by atoms with Crippen molar-refractivity contribution in [2.45, 2.75) is 25.8 Å². The number of hydrogen-bond donors (Lipinski definition) is 1. The van der Waals surface area contributed by atoms with E-state index in [1.165, 1.54) is 11.3 Å². The van der Waals surface area contributed by atoms with Gasteiger partial charge in [-0.3, -0.25) is 4.79 Å². The Morgan fingerprint density at radius 2 is 2.12 bits per heavy atom. The Morgan fingerprint density at radius 3 is 2.88 bits per heavy atom. The first-order valence-corrected chi connectivity index (χ1v) is 8.98. The van der Waals surface area contributed by atoms with Crippen molar-refractivity contribution in [2.75, 3.05) is 23.6 Å². The van der Waals surface area contributed by atoms with Gasteiger partial charge in [0.05, 0.1) is 17.9 Å². The van der Waals surface area contributed by atoms with Crippen molar-refractivity contribution >= 4 is 40.2 Å². The van der Waals surface area contributed by atoms with Crippen molar-refractivity contribution in [3.8, 4) is 11.5 Å². The van der Waals surface area contributed by atoms with Crippen LogP contribution in [0.1, 0.15) is 24.1 Å². The quantitative estimate of drug-likeness (QED) is 0.895. The van der Waals surface area contributed by atoms with Gasteiger partial charge in [0.15, 0.2) is 16.0 Å². The Kier molecular flexibility index (Phi) is 4.20. The zero-order valence-corrected chi connectivity index (χ0v) is 14.5. The van der Waals surface area contributed by atoms with Gasteiger partial charge in [-0.1, -0.05) is 11.6 Å². The van der Waals surface area contributed by atoms with Crippen molar-refractivity contribution in [1.82, 2.24) is 4.98 Å². The summed E-state index contributed by atoms with van der Waals surface area (Å²) in [5.74, 6) is 1.51. The normalized spacial score (nSPS) is 16.5. The topological polar surface area (TPSA) is 63.7 Å². The average molecular weight is 366 g/mol. The second-order valence-electron chi connectivity index (χ2n) is 5.66. The molecule has 0 spiro atoms. The number of amides is 1. The molecule has 0 radical (unpaired) electrons. The monoisotopic (exact) mass is 365 g/mol. The lowest BCUT2D eigenvalue weighted by molar-refractivity contribution is -0.119. The highest BCUT2D eigenvalue weighted by atomic mass is 35.5. The third-order valence-electron chi connectivity index (χ3n) is 4.08. The molecule has 126 valence electrons. The smallest absolute Gasteiger partial charge is 0.231 e. The largest absolute Gasteiger partial charge is 0.454 e. The van der Waals surface area contributed by atoms with Crippen molar-refractivity contribution in [1.29, 1.82) is 0 Å². The number of carbonyl (C=O) groups excluding carboxylic acids is 1. The lowest BCUT2D eigenvalue weighted by Crippen LogP contribution is -2.35. The van der Waals surface area contributed by atoms with Crippen LogP contribution >= 0.6 is 22.9 Å². The minimum Gasteiger partial charge on any atom is -0.454 e. The fourth-order valence-electron chi connectivity index (χ4n) is 2.90. The average Bonchev–Trinajstić information content (AvgIpc) is 3.20. The second kappa shape index (κ2) is 6.49. The Hall–Kier alpha value is -1.99. The van der Waals surface area contributed by atoms with Gasteiger partial charge >= 0.3 is 0 Å². The number of thiazole rings is 1. The number of ether oxygens (including phenoxy) is 2. The molecule has 1 amide bonds. The predicted octanol–water partition coefficient (Wildman–Crippen LogP) is 3.65. The van der Waals surface area contributed by atoms with E-state index < -0.39 is 0 Å². The molecule has 0 atom stereocenters. The summed E-state index contributed by atoms with van der Waals surface area (Å²) in [7, 11) is 0. The number of nitrogens with one attached hydrogen (secondary N) is 1. The second-order valence-corrected chi connectivity index (χ2v) is 7.36. The first kappa shape index (κ1) is 15.5. The van der Waals surface area contributed by atoms with E-state index in [0.717, 1.165) is 35.6 Å². The molecule has 0 unspecified atom stereocenters. The zero-order valence-electron chi connectivity index (χ0n) is 12.9. The number of halogens is 1. The van der Waals surface area contributed by atoms with Gasteiger partial charge in [-0.05, 0) is 12.8 Å². The molecule has 2 aromatic rings. The molecule has 0 aliphatic carbocycles.